The van der Waals surface area contributed by atoms with Gasteiger partial charge in [-0.1, -0.05) is 27.2 Å². The van der Waals surface area contributed by atoms with Gasteiger partial charge in [-0.25, -0.2) is 10.2 Å². The molecule has 0 aromatic rings. The van der Waals surface area contributed by atoms with Gasteiger partial charge in [-0.15, -0.1) is 0 Å². The lowest BCUT2D eigenvalue weighted by atomic mass is 9.75. The summed E-state index contributed by atoms with van der Waals surface area (Å²) in [5, 5.41) is 3.72. The van der Waals surface area contributed by atoms with Crippen LogP contribution < -0.4 is 11.2 Å². The minimum absolute atomic E-state index is 0.0156. The molecule has 1 fully saturated rings. The number of carbonyl (C=O) groups excluding carboxylic acids is 2. The SMILES string of the molecule is C/C(CC(=O)O[C@@H]1C[C@@H](C)CC[C@H]1C(C)C)=N/NC(N)=O. The van der Waals surface area contributed by atoms with Crippen LogP contribution >= 0.6 is 0 Å². The molecule has 120 valence electrons. The Hall–Kier alpha value is -1.59. The average Bonchev–Trinajstić information content (AvgIpc) is 2.35. The van der Waals surface area contributed by atoms with Gasteiger partial charge in [0.25, 0.3) is 0 Å². The summed E-state index contributed by atoms with van der Waals surface area (Å²) in [6.07, 6.45) is 3.27. The number of esters is 1. The molecule has 6 nitrogen and oxygen atoms in total. The number of ether oxygens (including phenoxy) is 1. The van der Waals surface area contributed by atoms with Crippen molar-refractivity contribution >= 4 is 17.7 Å². The number of rotatable bonds is 5. The van der Waals surface area contributed by atoms with Crippen LogP contribution in [0.4, 0.5) is 4.79 Å². The fraction of sp³-hybridized carbons (Fsp3) is 0.800. The van der Waals surface area contributed by atoms with Crippen LogP contribution in [0.3, 0.4) is 0 Å². The molecule has 21 heavy (non-hydrogen) atoms. The maximum atomic E-state index is 12.0. The third kappa shape index (κ3) is 6.14. The van der Waals surface area contributed by atoms with E-state index in [4.69, 9.17) is 10.5 Å². The summed E-state index contributed by atoms with van der Waals surface area (Å²) in [4.78, 5) is 22.5. The maximum absolute atomic E-state index is 12.0. The summed E-state index contributed by atoms with van der Waals surface area (Å²) in [5.74, 6) is 1.21. The molecule has 1 aliphatic rings. The number of urea groups is 1. The van der Waals surface area contributed by atoms with Crippen molar-refractivity contribution in [2.24, 2.45) is 28.6 Å². The smallest absolute Gasteiger partial charge is 0.332 e. The third-order valence-corrected chi connectivity index (χ3v) is 4.00. The molecule has 0 spiro atoms. The molecule has 0 saturated heterocycles. The second-order valence-electron chi connectivity index (χ2n) is 6.35. The van der Waals surface area contributed by atoms with E-state index in [0.717, 1.165) is 12.8 Å². The number of primary amides is 1. The predicted molar refractivity (Wildman–Crippen MR) is 81.7 cm³/mol. The standard InChI is InChI=1S/C15H27N3O3/c1-9(2)12-6-5-10(3)7-13(12)21-14(19)8-11(4)17-18-15(16)20/h9-10,12-13H,5-8H2,1-4H3,(H3,16,18,20)/b17-11-/t10-,12-,13+/m0/s1. The molecule has 1 aliphatic carbocycles. The highest BCUT2D eigenvalue weighted by Gasteiger charge is 2.33. The van der Waals surface area contributed by atoms with Gasteiger partial charge in [0.2, 0.25) is 0 Å². The highest BCUT2D eigenvalue weighted by atomic mass is 16.5. The highest BCUT2D eigenvalue weighted by molar-refractivity contribution is 5.97. The van der Waals surface area contributed by atoms with Crippen LogP contribution in [-0.2, 0) is 9.53 Å². The Morgan fingerprint density at radius 2 is 2.05 bits per heavy atom. The first-order chi connectivity index (χ1) is 9.79. The molecule has 3 atom stereocenters. The van der Waals surface area contributed by atoms with E-state index in [2.05, 4.69) is 31.3 Å². The first kappa shape index (κ1) is 17.5. The van der Waals surface area contributed by atoms with Crippen LogP contribution in [0.15, 0.2) is 5.10 Å². The van der Waals surface area contributed by atoms with Gasteiger partial charge in [-0.2, -0.15) is 5.10 Å². The Labute approximate surface area is 126 Å². The number of nitrogens with one attached hydrogen (secondary N) is 1. The van der Waals surface area contributed by atoms with Crippen LogP contribution in [0, 0.1) is 17.8 Å². The van der Waals surface area contributed by atoms with Crippen molar-refractivity contribution in [3.8, 4) is 0 Å². The van der Waals surface area contributed by atoms with Gasteiger partial charge in [-0.05, 0) is 37.5 Å². The summed E-state index contributed by atoms with van der Waals surface area (Å²) in [6.45, 7) is 8.19. The molecule has 0 aromatic heterocycles. The normalized spacial score (nSPS) is 26.5. The number of nitrogens with two attached hydrogens (primary N) is 1. The average molecular weight is 297 g/mol. The van der Waals surface area contributed by atoms with E-state index in [9.17, 15) is 9.59 Å². The van der Waals surface area contributed by atoms with Crippen molar-refractivity contribution in [3.05, 3.63) is 0 Å². The summed E-state index contributed by atoms with van der Waals surface area (Å²) in [5.41, 5.74) is 7.50. The van der Waals surface area contributed by atoms with E-state index in [1.165, 1.54) is 6.42 Å². The summed E-state index contributed by atoms with van der Waals surface area (Å²) in [7, 11) is 0. The van der Waals surface area contributed by atoms with Gasteiger partial charge in [0.05, 0.1) is 6.42 Å². The van der Waals surface area contributed by atoms with Gasteiger partial charge in [0, 0.05) is 5.71 Å². The van der Waals surface area contributed by atoms with Gasteiger partial charge in [-0.3, -0.25) is 4.79 Å². The van der Waals surface area contributed by atoms with E-state index < -0.39 is 6.03 Å². The van der Waals surface area contributed by atoms with Gasteiger partial charge in [0.15, 0.2) is 0 Å². The van der Waals surface area contributed by atoms with Crippen LogP contribution in [0.25, 0.3) is 0 Å². The Balaban J connectivity index is 2.54. The zero-order valence-electron chi connectivity index (χ0n) is 13.4. The molecule has 0 bridgehead atoms. The number of hydrogen-bond donors (Lipinski definition) is 2. The number of hydrazone groups is 1. The Morgan fingerprint density at radius 3 is 2.62 bits per heavy atom. The summed E-state index contributed by atoms with van der Waals surface area (Å²) < 4.78 is 5.65. The quantitative estimate of drug-likeness (QED) is 0.463. The summed E-state index contributed by atoms with van der Waals surface area (Å²) >= 11 is 0. The highest BCUT2D eigenvalue weighted by Crippen LogP contribution is 2.35. The number of carbonyl (C=O) groups is 2. The van der Waals surface area contributed by atoms with E-state index >= 15 is 0 Å². The van der Waals surface area contributed by atoms with Crippen molar-refractivity contribution in [1.29, 1.82) is 0 Å². The second kappa shape index (κ2) is 8.00. The number of amides is 2. The van der Waals surface area contributed by atoms with Crippen molar-refractivity contribution in [2.45, 2.75) is 59.5 Å². The predicted octanol–water partition coefficient (Wildman–Crippen LogP) is 2.42. The molecule has 0 radical (unpaired) electrons. The maximum Gasteiger partial charge on any atom is 0.332 e. The monoisotopic (exact) mass is 297 g/mol. The molecule has 2 amide bonds. The zero-order valence-corrected chi connectivity index (χ0v) is 13.4. The van der Waals surface area contributed by atoms with Gasteiger partial charge in [0.1, 0.15) is 6.10 Å². The molecular formula is C15H27N3O3. The lowest BCUT2D eigenvalue weighted by Gasteiger charge is -2.36. The largest absolute Gasteiger partial charge is 0.462 e. The molecule has 0 unspecified atom stereocenters. The topological polar surface area (TPSA) is 93.8 Å². The molecule has 0 aromatic carbocycles. The lowest BCUT2D eigenvalue weighted by molar-refractivity contribution is -0.154. The molecule has 0 heterocycles. The zero-order chi connectivity index (χ0) is 16.0. The second-order valence-corrected chi connectivity index (χ2v) is 6.35. The summed E-state index contributed by atoms with van der Waals surface area (Å²) in [6, 6.07) is -0.747. The number of hydrogen-bond acceptors (Lipinski definition) is 4. The molecule has 3 N–H and O–H groups in total. The van der Waals surface area contributed by atoms with E-state index in [-0.39, 0.29) is 18.5 Å². The van der Waals surface area contributed by atoms with Crippen molar-refractivity contribution in [1.82, 2.24) is 5.43 Å². The van der Waals surface area contributed by atoms with Crippen molar-refractivity contribution in [2.75, 3.05) is 0 Å². The van der Waals surface area contributed by atoms with Crippen molar-refractivity contribution in [3.63, 3.8) is 0 Å². The molecule has 1 rings (SSSR count). The molecule has 1 saturated carbocycles. The fourth-order valence-corrected chi connectivity index (χ4v) is 2.86. The van der Waals surface area contributed by atoms with Crippen LogP contribution in [0.1, 0.15) is 53.4 Å². The molecular weight excluding hydrogens is 270 g/mol. The molecule has 6 heteroatoms. The first-order valence-electron chi connectivity index (χ1n) is 7.57. The number of nitrogens with zero attached hydrogens (tertiary/aromatic N) is 1. The van der Waals surface area contributed by atoms with E-state index in [0.29, 0.717) is 23.5 Å². The minimum atomic E-state index is -0.747. The van der Waals surface area contributed by atoms with Crippen LogP contribution in [0.2, 0.25) is 0 Å². The van der Waals surface area contributed by atoms with Crippen LogP contribution in [-0.4, -0.2) is 23.8 Å². The van der Waals surface area contributed by atoms with Crippen molar-refractivity contribution < 1.29 is 14.3 Å². The van der Waals surface area contributed by atoms with Gasteiger partial charge >= 0.3 is 12.0 Å². The molecule has 0 aliphatic heterocycles. The van der Waals surface area contributed by atoms with Crippen LogP contribution in [0.5, 0.6) is 0 Å². The Bertz CT molecular complexity index is 407. The van der Waals surface area contributed by atoms with E-state index in [1.807, 2.05) is 0 Å². The third-order valence-electron chi connectivity index (χ3n) is 4.00. The Kier molecular flexibility index (Phi) is 6.65. The lowest BCUT2D eigenvalue weighted by Crippen LogP contribution is -2.36. The Morgan fingerprint density at radius 1 is 1.38 bits per heavy atom. The van der Waals surface area contributed by atoms with Gasteiger partial charge < -0.3 is 10.5 Å². The fourth-order valence-electron chi connectivity index (χ4n) is 2.86. The first-order valence-corrected chi connectivity index (χ1v) is 7.57. The minimum Gasteiger partial charge on any atom is -0.462 e. The van der Waals surface area contributed by atoms with E-state index in [1.54, 1.807) is 6.92 Å².